The molecule has 7 heteroatoms. The van der Waals surface area contributed by atoms with E-state index in [1.165, 1.54) is 6.07 Å². The molecule has 1 aliphatic heterocycles. The summed E-state index contributed by atoms with van der Waals surface area (Å²) < 4.78 is 22.2. The average Bonchev–Trinajstić information content (AvgIpc) is 3.40. The number of hydrogen-bond donors (Lipinski definition) is 2. The van der Waals surface area contributed by atoms with Crippen LogP contribution in [0.1, 0.15) is 37.2 Å². The lowest BCUT2D eigenvalue weighted by molar-refractivity contribution is 0.0873. The number of benzene rings is 1. The zero-order valence-corrected chi connectivity index (χ0v) is 14.9. The Morgan fingerprint density at radius 1 is 1.22 bits per heavy atom. The van der Waals surface area contributed by atoms with Gasteiger partial charge in [-0.2, -0.15) is 0 Å². The number of nitrogens with one attached hydrogen (secondary N) is 1. The van der Waals surface area contributed by atoms with Gasteiger partial charge in [-0.15, -0.1) is 10.2 Å². The minimum atomic E-state index is -0.462. The number of aromatic hydroxyl groups is 1. The number of ether oxygens (including phenoxy) is 1. The summed E-state index contributed by atoms with van der Waals surface area (Å²) in [5, 5.41) is 22.4. The molecular formula is C20H21FN4O2. The third kappa shape index (κ3) is 3.02. The second kappa shape index (κ2) is 6.49. The van der Waals surface area contributed by atoms with Gasteiger partial charge in [-0.25, -0.2) is 4.39 Å². The molecule has 3 heterocycles. The number of phenols is 1. The molecule has 1 aliphatic carbocycles. The number of anilines is 1. The average molecular weight is 368 g/mol. The van der Waals surface area contributed by atoms with Crippen molar-refractivity contribution in [3.05, 3.63) is 41.8 Å². The maximum absolute atomic E-state index is 14.8. The number of phenolic OH excluding ortho intramolecular Hbond substituents is 1. The summed E-state index contributed by atoms with van der Waals surface area (Å²) >= 11 is 0. The fourth-order valence-corrected chi connectivity index (χ4v) is 3.77. The SMILES string of the molecule is Oc1cc(C2CC2)cc(F)c1-c1nnc(N[C@@H]2CCCOC2)n2cccc12. The van der Waals surface area contributed by atoms with Crippen molar-refractivity contribution in [3.8, 4) is 17.0 Å². The van der Waals surface area contributed by atoms with Crippen molar-refractivity contribution >= 4 is 11.5 Å². The molecule has 0 bridgehead atoms. The molecule has 1 atom stereocenters. The van der Waals surface area contributed by atoms with Crippen molar-refractivity contribution in [2.45, 2.75) is 37.6 Å². The monoisotopic (exact) mass is 368 g/mol. The molecule has 0 amide bonds. The van der Waals surface area contributed by atoms with Crippen molar-refractivity contribution < 1.29 is 14.2 Å². The zero-order chi connectivity index (χ0) is 18.4. The molecule has 2 aliphatic rings. The molecule has 5 rings (SSSR count). The highest BCUT2D eigenvalue weighted by Crippen LogP contribution is 2.44. The molecule has 3 aromatic rings. The molecule has 2 aromatic heterocycles. The lowest BCUT2D eigenvalue weighted by Crippen LogP contribution is -2.31. The van der Waals surface area contributed by atoms with Crippen molar-refractivity contribution in [2.24, 2.45) is 0 Å². The van der Waals surface area contributed by atoms with E-state index in [1.807, 2.05) is 22.7 Å². The van der Waals surface area contributed by atoms with Crippen LogP contribution in [0.4, 0.5) is 10.3 Å². The summed E-state index contributed by atoms with van der Waals surface area (Å²) in [4.78, 5) is 0. The van der Waals surface area contributed by atoms with Crippen LogP contribution >= 0.6 is 0 Å². The van der Waals surface area contributed by atoms with E-state index >= 15 is 0 Å². The Kier molecular flexibility index (Phi) is 3.97. The predicted molar refractivity (Wildman–Crippen MR) is 99.5 cm³/mol. The Labute approximate surface area is 156 Å². The summed E-state index contributed by atoms with van der Waals surface area (Å²) in [6.45, 7) is 1.42. The van der Waals surface area contributed by atoms with Crippen molar-refractivity contribution in [2.75, 3.05) is 18.5 Å². The molecule has 2 N–H and O–H groups in total. The van der Waals surface area contributed by atoms with Gasteiger partial charge in [-0.3, -0.25) is 4.40 Å². The van der Waals surface area contributed by atoms with Gasteiger partial charge in [-0.1, -0.05) is 0 Å². The highest BCUT2D eigenvalue weighted by Gasteiger charge is 2.27. The van der Waals surface area contributed by atoms with Crippen LogP contribution < -0.4 is 5.32 Å². The predicted octanol–water partition coefficient (Wildman–Crippen LogP) is 3.71. The molecule has 0 unspecified atom stereocenters. The van der Waals surface area contributed by atoms with E-state index in [4.69, 9.17) is 4.74 Å². The van der Waals surface area contributed by atoms with Gasteiger partial charge >= 0.3 is 0 Å². The van der Waals surface area contributed by atoms with Crippen LogP contribution in [0.15, 0.2) is 30.5 Å². The summed E-state index contributed by atoms with van der Waals surface area (Å²) in [7, 11) is 0. The second-order valence-electron chi connectivity index (χ2n) is 7.37. The van der Waals surface area contributed by atoms with E-state index in [9.17, 15) is 9.50 Å². The molecule has 0 spiro atoms. The van der Waals surface area contributed by atoms with Gasteiger partial charge < -0.3 is 15.2 Å². The second-order valence-corrected chi connectivity index (χ2v) is 7.37. The van der Waals surface area contributed by atoms with Crippen molar-refractivity contribution in [3.63, 3.8) is 0 Å². The fourth-order valence-electron chi connectivity index (χ4n) is 3.77. The number of rotatable bonds is 4. The minimum Gasteiger partial charge on any atom is -0.507 e. The van der Waals surface area contributed by atoms with Crippen LogP contribution in [0.3, 0.4) is 0 Å². The van der Waals surface area contributed by atoms with Gasteiger partial charge in [0.15, 0.2) is 0 Å². The Morgan fingerprint density at radius 3 is 2.85 bits per heavy atom. The quantitative estimate of drug-likeness (QED) is 0.735. The molecular weight excluding hydrogens is 347 g/mol. The minimum absolute atomic E-state index is 0.0873. The Morgan fingerprint density at radius 2 is 2.11 bits per heavy atom. The molecule has 1 saturated heterocycles. The molecule has 140 valence electrons. The summed E-state index contributed by atoms with van der Waals surface area (Å²) in [5.41, 5.74) is 1.98. The molecule has 1 aromatic carbocycles. The first-order chi connectivity index (χ1) is 13.2. The fraction of sp³-hybridized carbons (Fsp3) is 0.400. The smallest absolute Gasteiger partial charge is 0.228 e. The van der Waals surface area contributed by atoms with Crippen LogP contribution in [0, 0.1) is 5.82 Å². The van der Waals surface area contributed by atoms with Gasteiger partial charge in [0.2, 0.25) is 5.95 Å². The van der Waals surface area contributed by atoms with Crippen LogP contribution in [0.2, 0.25) is 0 Å². The normalized spacial score (nSPS) is 20.1. The van der Waals surface area contributed by atoms with E-state index in [2.05, 4.69) is 15.5 Å². The number of hydrogen-bond acceptors (Lipinski definition) is 5. The standard InChI is InChI=1S/C20H21FN4O2/c21-15-9-13(12-5-6-12)10-17(26)18(15)19-16-4-1-7-25(16)20(24-23-19)22-14-3-2-8-27-11-14/h1,4,7,9-10,12,14,26H,2-3,5-6,8,11H2,(H,22,24)/t14-/m1/s1. The van der Waals surface area contributed by atoms with Crippen LogP contribution in [-0.4, -0.2) is 39.0 Å². The number of halogens is 1. The van der Waals surface area contributed by atoms with E-state index in [0.717, 1.165) is 37.9 Å². The van der Waals surface area contributed by atoms with E-state index in [0.29, 0.717) is 29.7 Å². The van der Waals surface area contributed by atoms with Gasteiger partial charge in [0.05, 0.1) is 23.7 Å². The maximum Gasteiger partial charge on any atom is 0.228 e. The summed E-state index contributed by atoms with van der Waals surface area (Å²) in [6, 6.07) is 7.05. The largest absolute Gasteiger partial charge is 0.507 e. The first kappa shape index (κ1) is 16.5. The number of nitrogens with zero attached hydrogens (tertiary/aromatic N) is 3. The summed E-state index contributed by atoms with van der Waals surface area (Å²) in [6.07, 6.45) is 5.96. The highest BCUT2D eigenvalue weighted by molar-refractivity contribution is 5.81. The molecule has 27 heavy (non-hydrogen) atoms. The van der Waals surface area contributed by atoms with E-state index in [-0.39, 0.29) is 17.4 Å². The van der Waals surface area contributed by atoms with Crippen molar-refractivity contribution in [1.82, 2.24) is 14.6 Å². The van der Waals surface area contributed by atoms with Gasteiger partial charge in [-0.05, 0) is 61.4 Å². The van der Waals surface area contributed by atoms with Crippen LogP contribution in [-0.2, 0) is 4.74 Å². The summed E-state index contributed by atoms with van der Waals surface area (Å²) in [5.74, 6) is 0.401. The number of aromatic nitrogens is 3. The first-order valence-corrected chi connectivity index (χ1v) is 9.41. The van der Waals surface area contributed by atoms with E-state index in [1.54, 1.807) is 6.07 Å². The molecule has 0 radical (unpaired) electrons. The lowest BCUT2D eigenvalue weighted by atomic mass is 10.0. The van der Waals surface area contributed by atoms with Gasteiger partial charge in [0.25, 0.3) is 0 Å². The lowest BCUT2D eigenvalue weighted by Gasteiger charge is -2.24. The van der Waals surface area contributed by atoms with Crippen molar-refractivity contribution in [1.29, 1.82) is 0 Å². The third-order valence-electron chi connectivity index (χ3n) is 5.34. The topological polar surface area (TPSA) is 71.7 Å². The third-order valence-corrected chi connectivity index (χ3v) is 5.34. The molecule has 1 saturated carbocycles. The van der Waals surface area contributed by atoms with Gasteiger partial charge in [0.1, 0.15) is 17.3 Å². The Balaban J connectivity index is 1.55. The van der Waals surface area contributed by atoms with Crippen LogP contribution in [0.25, 0.3) is 16.8 Å². The Bertz CT molecular complexity index is 970. The zero-order valence-electron chi connectivity index (χ0n) is 14.9. The molecule has 2 fully saturated rings. The molecule has 6 nitrogen and oxygen atoms in total. The highest BCUT2D eigenvalue weighted by atomic mass is 19.1. The first-order valence-electron chi connectivity index (χ1n) is 9.41. The van der Waals surface area contributed by atoms with Gasteiger partial charge in [0, 0.05) is 12.8 Å². The maximum atomic E-state index is 14.8. The van der Waals surface area contributed by atoms with Crippen LogP contribution in [0.5, 0.6) is 5.75 Å². The van der Waals surface area contributed by atoms with E-state index < -0.39 is 5.82 Å². The number of fused-ring (bicyclic) bond motifs is 1. The Hall–Kier alpha value is -2.67.